The molecule has 0 amide bonds. The third kappa shape index (κ3) is 1.54. The molecule has 1 heterocycles. The minimum atomic E-state index is 0.412. The van der Waals surface area contributed by atoms with E-state index in [4.69, 9.17) is 4.74 Å². The van der Waals surface area contributed by atoms with Crippen molar-refractivity contribution in [2.45, 2.75) is 50.0 Å². The van der Waals surface area contributed by atoms with Crippen LogP contribution in [0.5, 0.6) is 5.75 Å². The number of benzene rings is 1. The van der Waals surface area contributed by atoms with Gasteiger partial charge < -0.3 is 9.64 Å². The molecule has 0 unspecified atom stereocenters. The minimum Gasteiger partial charge on any atom is -0.496 e. The Balaban J connectivity index is 1.93. The predicted octanol–water partition coefficient (Wildman–Crippen LogP) is 3.38. The van der Waals surface area contributed by atoms with Crippen LogP contribution in [0.15, 0.2) is 18.2 Å². The van der Waals surface area contributed by atoms with Gasteiger partial charge in [0.05, 0.1) is 7.11 Å². The monoisotopic (exact) mass is 271 g/mol. The maximum absolute atomic E-state index is 5.76. The number of likely N-dealkylation sites (N-methyl/N-ethyl adjacent to an activating group) is 1. The Bertz CT molecular complexity index is 526. The molecule has 0 radical (unpaired) electrons. The molecular formula is C18H25NO. The van der Waals surface area contributed by atoms with Crippen LogP contribution in [0.4, 0.5) is 0 Å². The van der Waals surface area contributed by atoms with Gasteiger partial charge in [-0.05, 0) is 56.8 Å². The highest BCUT2D eigenvalue weighted by Gasteiger charge is 2.54. The van der Waals surface area contributed by atoms with Gasteiger partial charge in [-0.3, -0.25) is 0 Å². The van der Waals surface area contributed by atoms with Crippen LogP contribution in [0.1, 0.15) is 43.2 Å². The molecule has 108 valence electrons. The molecule has 2 aliphatic carbocycles. The van der Waals surface area contributed by atoms with Crippen molar-refractivity contribution in [3.63, 3.8) is 0 Å². The normalized spacial score (nSPS) is 36.1. The van der Waals surface area contributed by atoms with E-state index in [1.54, 1.807) is 11.1 Å². The molecule has 0 N–H and O–H groups in total. The third-order valence-electron chi connectivity index (χ3n) is 6.30. The molecule has 1 saturated carbocycles. The number of nitrogens with zero attached hydrogens (tertiary/aromatic N) is 1. The first kappa shape index (κ1) is 12.7. The Hall–Kier alpha value is -1.02. The van der Waals surface area contributed by atoms with Crippen molar-refractivity contribution in [2.24, 2.45) is 5.92 Å². The number of fused-ring (bicyclic) bond motifs is 1. The fourth-order valence-electron chi connectivity index (χ4n) is 5.43. The van der Waals surface area contributed by atoms with Crippen LogP contribution < -0.4 is 4.74 Å². The standard InChI is InChI=1S/C18H25NO/c1-19-11-10-18-9-4-3-7-14(18)15(19)12-13-6-5-8-16(20-2)17(13)18/h5-6,8,14-15H,3-4,7,9-12H2,1-2H3/t14-,15+,18+/m0/s1. The van der Waals surface area contributed by atoms with E-state index < -0.39 is 0 Å². The molecule has 3 atom stereocenters. The molecule has 4 rings (SSSR count). The minimum absolute atomic E-state index is 0.412. The van der Waals surface area contributed by atoms with E-state index in [-0.39, 0.29) is 0 Å². The number of piperidine rings is 1. The third-order valence-corrected chi connectivity index (χ3v) is 6.30. The van der Waals surface area contributed by atoms with Gasteiger partial charge in [0.15, 0.2) is 0 Å². The van der Waals surface area contributed by atoms with Crippen LogP contribution in [-0.4, -0.2) is 31.6 Å². The Kier molecular flexibility index (Phi) is 2.85. The van der Waals surface area contributed by atoms with E-state index in [0.29, 0.717) is 5.41 Å². The number of hydrogen-bond acceptors (Lipinski definition) is 2. The van der Waals surface area contributed by atoms with Crippen LogP contribution in [0.3, 0.4) is 0 Å². The zero-order valence-corrected chi connectivity index (χ0v) is 12.7. The average molecular weight is 271 g/mol. The van der Waals surface area contributed by atoms with Crippen molar-refractivity contribution in [1.29, 1.82) is 0 Å². The van der Waals surface area contributed by atoms with Gasteiger partial charge in [-0.25, -0.2) is 0 Å². The number of methoxy groups -OCH3 is 1. The molecule has 3 aliphatic rings. The van der Waals surface area contributed by atoms with Crippen molar-refractivity contribution >= 4 is 0 Å². The maximum atomic E-state index is 5.76. The maximum Gasteiger partial charge on any atom is 0.122 e. The number of likely N-dealkylation sites (tertiary alicyclic amines) is 1. The summed E-state index contributed by atoms with van der Waals surface area (Å²) in [5.74, 6) is 2.00. The van der Waals surface area contributed by atoms with Gasteiger partial charge in [-0.2, -0.15) is 0 Å². The first-order valence-electron chi connectivity index (χ1n) is 8.13. The molecule has 1 aliphatic heterocycles. The summed E-state index contributed by atoms with van der Waals surface area (Å²) in [4.78, 5) is 2.62. The molecule has 1 aromatic carbocycles. The van der Waals surface area contributed by atoms with Crippen molar-refractivity contribution in [3.8, 4) is 5.75 Å². The summed E-state index contributed by atoms with van der Waals surface area (Å²) in [6, 6.07) is 7.45. The van der Waals surface area contributed by atoms with E-state index in [9.17, 15) is 0 Å². The van der Waals surface area contributed by atoms with Crippen LogP contribution in [-0.2, 0) is 11.8 Å². The Morgan fingerprint density at radius 3 is 3.00 bits per heavy atom. The van der Waals surface area contributed by atoms with Crippen molar-refractivity contribution < 1.29 is 4.74 Å². The summed E-state index contributed by atoms with van der Waals surface area (Å²) in [5.41, 5.74) is 3.55. The zero-order chi connectivity index (χ0) is 13.7. The Morgan fingerprint density at radius 2 is 2.15 bits per heavy atom. The highest BCUT2D eigenvalue weighted by Crippen LogP contribution is 2.57. The molecule has 0 spiro atoms. The van der Waals surface area contributed by atoms with Crippen LogP contribution >= 0.6 is 0 Å². The van der Waals surface area contributed by atoms with Gasteiger partial charge in [0.25, 0.3) is 0 Å². The van der Waals surface area contributed by atoms with E-state index in [2.05, 4.69) is 30.1 Å². The summed E-state index contributed by atoms with van der Waals surface area (Å²) in [7, 11) is 4.17. The summed E-state index contributed by atoms with van der Waals surface area (Å²) in [6.07, 6.45) is 8.13. The van der Waals surface area contributed by atoms with Gasteiger partial charge in [-0.1, -0.05) is 25.0 Å². The highest BCUT2D eigenvalue weighted by molar-refractivity contribution is 5.50. The summed E-state index contributed by atoms with van der Waals surface area (Å²) in [6.45, 7) is 1.25. The summed E-state index contributed by atoms with van der Waals surface area (Å²) >= 11 is 0. The molecule has 1 saturated heterocycles. The summed E-state index contributed by atoms with van der Waals surface area (Å²) < 4.78 is 5.76. The Labute approximate surface area is 122 Å². The SMILES string of the molecule is COc1cccc2c1[C@@]13CCCC[C@H]1[C@@H](C2)N(C)CC3. The van der Waals surface area contributed by atoms with Gasteiger partial charge >= 0.3 is 0 Å². The first-order valence-corrected chi connectivity index (χ1v) is 8.13. The van der Waals surface area contributed by atoms with E-state index >= 15 is 0 Å². The van der Waals surface area contributed by atoms with Crippen LogP contribution in [0.2, 0.25) is 0 Å². The van der Waals surface area contributed by atoms with Crippen molar-refractivity contribution in [1.82, 2.24) is 4.90 Å². The quantitative estimate of drug-likeness (QED) is 0.776. The van der Waals surface area contributed by atoms with Crippen LogP contribution in [0.25, 0.3) is 0 Å². The molecule has 2 heteroatoms. The van der Waals surface area contributed by atoms with Gasteiger partial charge in [0.2, 0.25) is 0 Å². The molecule has 20 heavy (non-hydrogen) atoms. The number of hydrogen-bond donors (Lipinski definition) is 0. The lowest BCUT2D eigenvalue weighted by molar-refractivity contribution is 0.00150. The highest BCUT2D eigenvalue weighted by atomic mass is 16.5. The second-order valence-corrected chi connectivity index (χ2v) is 7.00. The molecule has 2 bridgehead atoms. The molecule has 1 aromatic rings. The van der Waals surface area contributed by atoms with E-state index in [1.807, 2.05) is 7.11 Å². The molecular weight excluding hydrogens is 246 g/mol. The van der Waals surface area contributed by atoms with Gasteiger partial charge in [0, 0.05) is 17.0 Å². The lowest BCUT2D eigenvalue weighted by atomic mass is 9.52. The average Bonchev–Trinajstić information content (AvgIpc) is 2.50. The molecule has 0 aromatic heterocycles. The topological polar surface area (TPSA) is 12.5 Å². The van der Waals surface area contributed by atoms with Crippen molar-refractivity contribution in [2.75, 3.05) is 20.7 Å². The zero-order valence-electron chi connectivity index (χ0n) is 12.7. The first-order chi connectivity index (χ1) is 9.76. The van der Waals surface area contributed by atoms with Gasteiger partial charge in [0.1, 0.15) is 5.75 Å². The Morgan fingerprint density at radius 1 is 1.25 bits per heavy atom. The van der Waals surface area contributed by atoms with E-state index in [0.717, 1.165) is 17.7 Å². The van der Waals surface area contributed by atoms with Crippen LogP contribution in [0, 0.1) is 5.92 Å². The second-order valence-electron chi connectivity index (χ2n) is 7.00. The van der Waals surface area contributed by atoms with Gasteiger partial charge in [-0.15, -0.1) is 0 Å². The molecule has 2 nitrogen and oxygen atoms in total. The fourth-order valence-corrected chi connectivity index (χ4v) is 5.43. The largest absolute Gasteiger partial charge is 0.496 e. The number of rotatable bonds is 1. The smallest absolute Gasteiger partial charge is 0.122 e. The number of ether oxygens (including phenoxy) is 1. The molecule has 2 fully saturated rings. The second kappa shape index (κ2) is 4.49. The predicted molar refractivity (Wildman–Crippen MR) is 81.4 cm³/mol. The lowest BCUT2D eigenvalue weighted by Gasteiger charge is -2.58. The van der Waals surface area contributed by atoms with E-state index in [1.165, 1.54) is 45.1 Å². The fraction of sp³-hybridized carbons (Fsp3) is 0.667. The van der Waals surface area contributed by atoms with Crippen molar-refractivity contribution in [3.05, 3.63) is 29.3 Å². The summed E-state index contributed by atoms with van der Waals surface area (Å²) in [5, 5.41) is 0. The lowest BCUT2D eigenvalue weighted by Crippen LogP contribution is -2.59.